The van der Waals surface area contributed by atoms with Gasteiger partial charge in [0.05, 0.1) is 5.51 Å². The van der Waals surface area contributed by atoms with E-state index in [-0.39, 0.29) is 5.91 Å². The van der Waals surface area contributed by atoms with Crippen molar-refractivity contribution < 1.29 is 4.79 Å². The highest BCUT2D eigenvalue weighted by molar-refractivity contribution is 7.15. The van der Waals surface area contributed by atoms with Crippen molar-refractivity contribution in [3.8, 4) is 0 Å². The van der Waals surface area contributed by atoms with Crippen molar-refractivity contribution in [1.29, 1.82) is 0 Å². The van der Waals surface area contributed by atoms with Crippen LogP contribution in [0.1, 0.15) is 15.4 Å². The monoisotopic (exact) mass is 225 g/mol. The maximum absolute atomic E-state index is 11.5. The molecule has 4 nitrogen and oxygen atoms in total. The van der Waals surface area contributed by atoms with E-state index in [0.29, 0.717) is 10.8 Å². The number of hydrogen-bond acceptors (Lipinski definition) is 5. The molecule has 2 aromatic heterocycles. The minimum Gasteiger partial charge on any atom is -0.296 e. The first-order valence-electron chi connectivity index (χ1n) is 3.87. The van der Waals surface area contributed by atoms with Crippen molar-refractivity contribution in [3.05, 3.63) is 27.7 Å². The maximum Gasteiger partial charge on any atom is 0.276 e. The van der Waals surface area contributed by atoms with E-state index in [1.807, 2.05) is 6.92 Å². The summed E-state index contributed by atoms with van der Waals surface area (Å²) in [6.45, 7) is 1.94. The van der Waals surface area contributed by atoms with Crippen molar-refractivity contribution in [2.75, 3.05) is 5.32 Å². The zero-order chi connectivity index (χ0) is 9.97. The summed E-state index contributed by atoms with van der Waals surface area (Å²) in [6.07, 6.45) is 1.72. The molecule has 0 spiro atoms. The third-order valence-corrected chi connectivity index (χ3v) is 2.92. The molecule has 0 saturated carbocycles. The molecule has 2 rings (SSSR count). The highest BCUT2D eigenvalue weighted by atomic mass is 32.1. The second kappa shape index (κ2) is 3.85. The van der Waals surface area contributed by atoms with Gasteiger partial charge in [0.2, 0.25) is 0 Å². The van der Waals surface area contributed by atoms with E-state index in [1.165, 1.54) is 22.7 Å². The summed E-state index contributed by atoms with van der Waals surface area (Å²) >= 11 is 2.84. The molecule has 0 aliphatic heterocycles. The van der Waals surface area contributed by atoms with Crippen LogP contribution in [0.25, 0.3) is 0 Å². The highest BCUT2D eigenvalue weighted by Gasteiger charge is 2.09. The first kappa shape index (κ1) is 9.29. The molecule has 0 aliphatic carbocycles. The van der Waals surface area contributed by atoms with Crippen molar-refractivity contribution in [2.45, 2.75) is 6.92 Å². The number of nitrogens with one attached hydrogen (secondary N) is 1. The van der Waals surface area contributed by atoms with Gasteiger partial charge in [0.25, 0.3) is 5.91 Å². The van der Waals surface area contributed by atoms with Crippen LogP contribution in [0.2, 0.25) is 0 Å². The number of amides is 1. The second-order valence-electron chi connectivity index (χ2n) is 2.60. The van der Waals surface area contributed by atoms with Gasteiger partial charge < -0.3 is 0 Å². The second-order valence-corrected chi connectivity index (χ2v) is 4.56. The molecule has 0 saturated heterocycles. The molecule has 0 radical (unpaired) electrons. The molecular formula is C8H7N3OS2. The van der Waals surface area contributed by atoms with Gasteiger partial charge in [0, 0.05) is 16.5 Å². The maximum atomic E-state index is 11.5. The standard InChI is InChI=1S/C8H7N3OS2/c1-5-2-9-8(14-5)11-7(12)6-3-13-4-10-6/h2-4H,1H3,(H,9,11,12). The molecule has 2 aromatic rings. The number of rotatable bonds is 2. The molecule has 0 atom stereocenters. The third kappa shape index (κ3) is 1.97. The predicted octanol–water partition coefficient (Wildman–Crippen LogP) is 2.16. The molecule has 6 heteroatoms. The third-order valence-electron chi connectivity index (χ3n) is 1.51. The number of carbonyl (C=O) groups is 1. The van der Waals surface area contributed by atoms with Gasteiger partial charge in [-0.05, 0) is 6.92 Å². The van der Waals surface area contributed by atoms with E-state index in [4.69, 9.17) is 0 Å². The Bertz CT molecular complexity index is 435. The Balaban J connectivity index is 2.09. The van der Waals surface area contributed by atoms with Crippen molar-refractivity contribution >= 4 is 33.7 Å². The number of nitrogens with zero attached hydrogens (tertiary/aromatic N) is 2. The van der Waals surface area contributed by atoms with Crippen LogP contribution in [0.4, 0.5) is 5.13 Å². The summed E-state index contributed by atoms with van der Waals surface area (Å²) in [7, 11) is 0. The van der Waals surface area contributed by atoms with Gasteiger partial charge in [-0.3, -0.25) is 10.1 Å². The summed E-state index contributed by atoms with van der Waals surface area (Å²) < 4.78 is 0. The van der Waals surface area contributed by atoms with E-state index in [9.17, 15) is 4.79 Å². The number of hydrogen-bond donors (Lipinski definition) is 1. The molecule has 0 bridgehead atoms. The lowest BCUT2D eigenvalue weighted by Gasteiger charge is -1.96. The lowest BCUT2D eigenvalue weighted by atomic mass is 10.5. The van der Waals surface area contributed by atoms with Crippen LogP contribution in [-0.4, -0.2) is 15.9 Å². The van der Waals surface area contributed by atoms with Gasteiger partial charge in [0.1, 0.15) is 5.69 Å². The van der Waals surface area contributed by atoms with E-state index in [1.54, 1.807) is 17.1 Å². The lowest BCUT2D eigenvalue weighted by Crippen LogP contribution is -2.11. The lowest BCUT2D eigenvalue weighted by molar-refractivity contribution is 0.102. The van der Waals surface area contributed by atoms with Gasteiger partial charge in [-0.2, -0.15) is 0 Å². The van der Waals surface area contributed by atoms with E-state index in [0.717, 1.165) is 4.88 Å². The normalized spacial score (nSPS) is 10.1. The summed E-state index contributed by atoms with van der Waals surface area (Å²) in [5.41, 5.74) is 2.06. The minimum absolute atomic E-state index is 0.208. The van der Waals surface area contributed by atoms with E-state index in [2.05, 4.69) is 15.3 Å². The topological polar surface area (TPSA) is 54.9 Å². The van der Waals surface area contributed by atoms with Crippen molar-refractivity contribution in [2.24, 2.45) is 0 Å². The number of thiazole rings is 2. The highest BCUT2D eigenvalue weighted by Crippen LogP contribution is 2.17. The molecule has 72 valence electrons. The van der Waals surface area contributed by atoms with Crippen molar-refractivity contribution in [1.82, 2.24) is 9.97 Å². The Morgan fingerprint density at radius 1 is 1.50 bits per heavy atom. The Labute approximate surface area is 88.6 Å². The van der Waals surface area contributed by atoms with Gasteiger partial charge in [-0.15, -0.1) is 22.7 Å². The van der Waals surface area contributed by atoms with Crippen LogP contribution in [0.15, 0.2) is 17.1 Å². The van der Waals surface area contributed by atoms with Gasteiger partial charge in [0.15, 0.2) is 5.13 Å². The Hall–Kier alpha value is -1.27. The molecule has 0 unspecified atom stereocenters. The first-order chi connectivity index (χ1) is 6.75. The molecule has 0 fully saturated rings. The fourth-order valence-electron chi connectivity index (χ4n) is 0.898. The van der Waals surface area contributed by atoms with Crippen LogP contribution in [-0.2, 0) is 0 Å². The number of carbonyl (C=O) groups excluding carboxylic acids is 1. The largest absolute Gasteiger partial charge is 0.296 e. The summed E-state index contributed by atoms with van der Waals surface area (Å²) in [5, 5.41) is 4.99. The quantitative estimate of drug-likeness (QED) is 0.852. The van der Waals surface area contributed by atoms with Gasteiger partial charge in [-0.25, -0.2) is 9.97 Å². The van der Waals surface area contributed by atoms with Crippen LogP contribution >= 0.6 is 22.7 Å². The van der Waals surface area contributed by atoms with Crippen LogP contribution < -0.4 is 5.32 Å². The average Bonchev–Trinajstić information content (AvgIpc) is 2.75. The Morgan fingerprint density at radius 2 is 2.36 bits per heavy atom. The molecular weight excluding hydrogens is 218 g/mol. The summed E-state index contributed by atoms with van der Waals surface area (Å²) in [4.78, 5) is 20.5. The molecule has 14 heavy (non-hydrogen) atoms. The summed E-state index contributed by atoms with van der Waals surface area (Å²) in [5.74, 6) is -0.208. The van der Waals surface area contributed by atoms with Gasteiger partial charge in [-0.1, -0.05) is 0 Å². The molecule has 0 aromatic carbocycles. The summed E-state index contributed by atoms with van der Waals surface area (Å²) in [6, 6.07) is 0. The number of aromatic nitrogens is 2. The minimum atomic E-state index is -0.208. The molecule has 0 aliphatic rings. The zero-order valence-corrected chi connectivity index (χ0v) is 8.98. The predicted molar refractivity (Wildman–Crippen MR) is 56.9 cm³/mol. The molecule has 1 N–H and O–H groups in total. The zero-order valence-electron chi connectivity index (χ0n) is 7.35. The molecule has 2 heterocycles. The Kier molecular flexibility index (Phi) is 2.55. The van der Waals surface area contributed by atoms with Gasteiger partial charge >= 0.3 is 0 Å². The fraction of sp³-hybridized carbons (Fsp3) is 0.125. The van der Waals surface area contributed by atoms with E-state index < -0.39 is 0 Å². The smallest absolute Gasteiger partial charge is 0.276 e. The van der Waals surface area contributed by atoms with Crippen LogP contribution in [0.3, 0.4) is 0 Å². The van der Waals surface area contributed by atoms with Crippen LogP contribution in [0.5, 0.6) is 0 Å². The number of anilines is 1. The number of aryl methyl sites for hydroxylation is 1. The Morgan fingerprint density at radius 3 is 2.93 bits per heavy atom. The van der Waals surface area contributed by atoms with Crippen LogP contribution in [0, 0.1) is 6.92 Å². The van der Waals surface area contributed by atoms with Crippen molar-refractivity contribution in [3.63, 3.8) is 0 Å². The first-order valence-corrected chi connectivity index (χ1v) is 5.63. The van der Waals surface area contributed by atoms with E-state index >= 15 is 0 Å². The average molecular weight is 225 g/mol. The molecule has 1 amide bonds. The SMILES string of the molecule is Cc1cnc(NC(=O)c2cscn2)s1. The fourth-order valence-corrected chi connectivity index (χ4v) is 2.09.